The lowest BCUT2D eigenvalue weighted by Gasteiger charge is -2.11. The number of rotatable bonds is 3. The maximum absolute atomic E-state index is 11.8. The van der Waals surface area contributed by atoms with Crippen molar-refractivity contribution in [3.63, 3.8) is 0 Å². The van der Waals surface area contributed by atoms with Gasteiger partial charge in [-0.3, -0.25) is 4.79 Å². The molecule has 0 saturated heterocycles. The number of halogens is 1. The van der Waals surface area contributed by atoms with E-state index in [1.807, 2.05) is 0 Å². The minimum absolute atomic E-state index is 0.0704. The summed E-state index contributed by atoms with van der Waals surface area (Å²) in [5.74, 6) is -1.80. The van der Waals surface area contributed by atoms with Crippen molar-refractivity contribution in [1.29, 1.82) is 0 Å². The van der Waals surface area contributed by atoms with E-state index in [4.69, 9.17) is 4.42 Å². The van der Waals surface area contributed by atoms with Gasteiger partial charge in [-0.1, -0.05) is 11.6 Å². The first-order valence-electron chi connectivity index (χ1n) is 5.36. The lowest BCUT2D eigenvalue weighted by atomic mass is 10.1. The first-order valence-corrected chi connectivity index (χ1v) is 6.15. The summed E-state index contributed by atoms with van der Waals surface area (Å²) in [6.45, 7) is 1.75. The van der Waals surface area contributed by atoms with Crippen LogP contribution >= 0.6 is 15.9 Å². The van der Waals surface area contributed by atoms with E-state index in [1.54, 1.807) is 19.1 Å². The maximum atomic E-state index is 11.8. The number of furan rings is 1. The minimum Gasteiger partial charge on any atom is -0.545 e. The fraction of sp³-hybridized carbons (Fsp3) is 0.0769. The predicted molar refractivity (Wildman–Crippen MR) is 69.9 cm³/mol. The maximum Gasteiger partial charge on any atom is 0.291 e. The monoisotopic (exact) mass is 322 g/mol. The molecular weight excluding hydrogens is 314 g/mol. The quantitative estimate of drug-likeness (QED) is 0.936. The molecule has 98 valence electrons. The van der Waals surface area contributed by atoms with Crippen molar-refractivity contribution >= 4 is 33.5 Å². The topological polar surface area (TPSA) is 82.4 Å². The highest BCUT2D eigenvalue weighted by molar-refractivity contribution is 9.10. The summed E-state index contributed by atoms with van der Waals surface area (Å²) >= 11 is 3.08. The Hall–Kier alpha value is -2.08. The van der Waals surface area contributed by atoms with Gasteiger partial charge in [-0.25, -0.2) is 0 Å². The lowest BCUT2D eigenvalue weighted by Crippen LogP contribution is -2.25. The number of amides is 1. The van der Waals surface area contributed by atoms with Crippen LogP contribution in [0, 0.1) is 6.92 Å². The Kier molecular flexibility index (Phi) is 3.71. The number of aryl methyl sites for hydroxylation is 1. The smallest absolute Gasteiger partial charge is 0.291 e. The summed E-state index contributed by atoms with van der Waals surface area (Å²) < 4.78 is 5.50. The number of carboxylic acid groups (broad SMARTS) is 1. The molecule has 19 heavy (non-hydrogen) atoms. The number of carbonyl (C=O) groups excluding carboxylic acids is 2. The number of hydrogen-bond donors (Lipinski definition) is 1. The van der Waals surface area contributed by atoms with Crippen LogP contribution in [0.15, 0.2) is 39.4 Å². The van der Waals surface area contributed by atoms with E-state index in [9.17, 15) is 14.7 Å². The van der Waals surface area contributed by atoms with Gasteiger partial charge in [-0.2, -0.15) is 0 Å². The number of nitrogens with one attached hydrogen (secondary N) is 1. The Morgan fingerprint density at radius 3 is 2.58 bits per heavy atom. The van der Waals surface area contributed by atoms with Crippen LogP contribution in [0.1, 0.15) is 26.5 Å². The summed E-state index contributed by atoms with van der Waals surface area (Å²) in [6.07, 6.45) is 0. The van der Waals surface area contributed by atoms with E-state index in [-0.39, 0.29) is 17.0 Å². The first kappa shape index (κ1) is 13.4. The highest BCUT2D eigenvalue weighted by Crippen LogP contribution is 2.19. The van der Waals surface area contributed by atoms with E-state index in [1.165, 1.54) is 18.2 Å². The van der Waals surface area contributed by atoms with Gasteiger partial charge in [0.05, 0.1) is 11.7 Å². The summed E-state index contributed by atoms with van der Waals surface area (Å²) in [7, 11) is 0. The van der Waals surface area contributed by atoms with E-state index < -0.39 is 11.9 Å². The van der Waals surface area contributed by atoms with Gasteiger partial charge in [0.15, 0.2) is 10.4 Å². The average molecular weight is 323 g/mol. The minimum atomic E-state index is -1.35. The molecule has 1 amide bonds. The zero-order valence-corrected chi connectivity index (χ0v) is 11.5. The van der Waals surface area contributed by atoms with Crippen LogP contribution in [0.25, 0.3) is 0 Å². The van der Waals surface area contributed by atoms with E-state index >= 15 is 0 Å². The van der Waals surface area contributed by atoms with Crippen molar-refractivity contribution < 1.29 is 19.1 Å². The molecule has 0 unspecified atom stereocenters. The van der Waals surface area contributed by atoms with Crippen molar-refractivity contribution in [2.75, 3.05) is 5.32 Å². The molecule has 0 aliphatic carbocycles. The third kappa shape index (κ3) is 3.03. The number of aromatic carboxylic acids is 1. The van der Waals surface area contributed by atoms with Crippen LogP contribution in [0.5, 0.6) is 0 Å². The predicted octanol–water partition coefficient (Wildman–Crippen LogP) is 1.97. The van der Waals surface area contributed by atoms with E-state index in [2.05, 4.69) is 21.2 Å². The molecule has 0 spiro atoms. The van der Waals surface area contributed by atoms with Crippen molar-refractivity contribution in [2.45, 2.75) is 6.92 Å². The normalized spacial score (nSPS) is 10.2. The standard InChI is InChI=1S/C13H10BrNO4/c1-7-2-3-9(8(6-7)13(17)18)15-12(16)10-4-5-11(14)19-10/h2-6H,1H3,(H,15,16)(H,17,18)/p-1. The van der Waals surface area contributed by atoms with Crippen molar-refractivity contribution in [2.24, 2.45) is 0 Å². The van der Waals surface area contributed by atoms with Gasteiger partial charge in [0.1, 0.15) is 0 Å². The van der Waals surface area contributed by atoms with Crippen molar-refractivity contribution in [3.05, 3.63) is 51.9 Å². The zero-order valence-electron chi connectivity index (χ0n) is 9.90. The fourth-order valence-electron chi connectivity index (χ4n) is 1.56. The molecule has 5 nitrogen and oxygen atoms in total. The molecule has 1 heterocycles. The van der Waals surface area contributed by atoms with Gasteiger partial charge in [-0.15, -0.1) is 0 Å². The largest absolute Gasteiger partial charge is 0.545 e. The van der Waals surface area contributed by atoms with Gasteiger partial charge < -0.3 is 19.6 Å². The number of benzene rings is 1. The summed E-state index contributed by atoms with van der Waals surface area (Å²) in [5, 5.41) is 13.5. The molecule has 1 aromatic carbocycles. The number of anilines is 1. The molecule has 1 N–H and O–H groups in total. The Bertz CT molecular complexity index is 648. The van der Waals surface area contributed by atoms with Crippen LogP contribution in [-0.2, 0) is 0 Å². The first-order chi connectivity index (χ1) is 8.97. The molecule has 0 fully saturated rings. The second-order valence-electron chi connectivity index (χ2n) is 3.89. The second-order valence-corrected chi connectivity index (χ2v) is 4.68. The van der Waals surface area contributed by atoms with Crippen molar-refractivity contribution in [1.82, 2.24) is 0 Å². The van der Waals surface area contributed by atoms with Gasteiger partial charge >= 0.3 is 0 Å². The third-order valence-corrected chi connectivity index (χ3v) is 2.87. The molecule has 0 aliphatic rings. The van der Waals surface area contributed by atoms with Crippen LogP contribution in [0.3, 0.4) is 0 Å². The summed E-state index contributed by atoms with van der Waals surface area (Å²) in [5.41, 5.74) is 0.861. The summed E-state index contributed by atoms with van der Waals surface area (Å²) in [6, 6.07) is 7.69. The molecule has 2 aromatic rings. The number of carboxylic acids is 1. The Labute approximate surface area is 117 Å². The SMILES string of the molecule is Cc1ccc(NC(=O)c2ccc(Br)o2)c(C(=O)[O-])c1. The highest BCUT2D eigenvalue weighted by atomic mass is 79.9. The highest BCUT2D eigenvalue weighted by Gasteiger charge is 2.13. The van der Waals surface area contributed by atoms with Gasteiger partial charge in [0, 0.05) is 5.56 Å². The lowest BCUT2D eigenvalue weighted by molar-refractivity contribution is -0.254. The Balaban J connectivity index is 2.28. The molecule has 0 bridgehead atoms. The molecule has 1 aromatic heterocycles. The van der Waals surface area contributed by atoms with Crippen LogP contribution in [0.2, 0.25) is 0 Å². The second kappa shape index (κ2) is 5.27. The Morgan fingerprint density at radius 1 is 1.26 bits per heavy atom. The van der Waals surface area contributed by atoms with Crippen LogP contribution in [-0.4, -0.2) is 11.9 Å². The van der Waals surface area contributed by atoms with Crippen molar-refractivity contribution in [3.8, 4) is 0 Å². The number of carbonyl (C=O) groups is 2. The van der Waals surface area contributed by atoms with E-state index in [0.29, 0.717) is 4.67 Å². The molecule has 0 aliphatic heterocycles. The Morgan fingerprint density at radius 2 is 2.00 bits per heavy atom. The zero-order chi connectivity index (χ0) is 14.0. The van der Waals surface area contributed by atoms with Gasteiger partial charge in [0.2, 0.25) is 0 Å². The average Bonchev–Trinajstić information content (AvgIpc) is 2.78. The van der Waals surface area contributed by atoms with E-state index in [0.717, 1.165) is 5.56 Å². The van der Waals surface area contributed by atoms with Crippen LogP contribution in [0.4, 0.5) is 5.69 Å². The molecule has 0 saturated carbocycles. The van der Waals surface area contributed by atoms with Crippen LogP contribution < -0.4 is 10.4 Å². The fourth-order valence-corrected chi connectivity index (χ4v) is 1.86. The van der Waals surface area contributed by atoms with Gasteiger partial charge in [0.25, 0.3) is 5.91 Å². The molecule has 0 radical (unpaired) electrons. The number of hydrogen-bond acceptors (Lipinski definition) is 4. The molecule has 2 rings (SSSR count). The molecule has 6 heteroatoms. The molecule has 0 atom stereocenters. The summed E-state index contributed by atoms with van der Waals surface area (Å²) in [4.78, 5) is 22.9. The third-order valence-electron chi connectivity index (χ3n) is 2.44. The molecular formula is C13H9BrNO4-. The van der Waals surface area contributed by atoms with Gasteiger partial charge in [-0.05, 0) is 47.1 Å².